The maximum absolute atomic E-state index is 13.0. The minimum absolute atomic E-state index is 0.0165. The standard InChI is InChI=1S/C22H29N3O4S/c1-2-24-10-12-25(13-11-24)20(18-6-4-3-5-7-18)17-23-30(26,27)19-8-9-21-22(16-19)29-15-14-28-21/h3-9,16,20,23H,2,10-15,17H2,1H3/t20-/m1/s1. The number of likely N-dealkylation sites (N-methyl/N-ethyl adjacent to an activating group) is 1. The van der Waals surface area contributed by atoms with Crippen LogP contribution < -0.4 is 14.2 Å². The van der Waals surface area contributed by atoms with E-state index in [9.17, 15) is 8.42 Å². The smallest absolute Gasteiger partial charge is 0.240 e. The molecule has 2 aliphatic rings. The van der Waals surface area contributed by atoms with E-state index in [-0.39, 0.29) is 10.9 Å². The summed E-state index contributed by atoms with van der Waals surface area (Å²) in [6.45, 7) is 8.24. The van der Waals surface area contributed by atoms with Gasteiger partial charge in [0.05, 0.1) is 4.90 Å². The predicted octanol–water partition coefficient (Wildman–Crippen LogP) is 2.11. The van der Waals surface area contributed by atoms with Gasteiger partial charge in [-0.05, 0) is 24.2 Å². The van der Waals surface area contributed by atoms with Crippen LogP contribution in [-0.4, -0.2) is 70.7 Å². The lowest BCUT2D eigenvalue weighted by Gasteiger charge is -2.39. The van der Waals surface area contributed by atoms with Crippen molar-refractivity contribution in [2.45, 2.75) is 17.9 Å². The predicted molar refractivity (Wildman–Crippen MR) is 115 cm³/mol. The summed E-state index contributed by atoms with van der Waals surface area (Å²) in [5.41, 5.74) is 1.12. The Balaban J connectivity index is 1.50. The number of piperazine rings is 1. The van der Waals surface area contributed by atoms with E-state index in [4.69, 9.17) is 9.47 Å². The fraction of sp³-hybridized carbons (Fsp3) is 0.455. The van der Waals surface area contributed by atoms with Gasteiger partial charge < -0.3 is 14.4 Å². The average Bonchev–Trinajstić information content (AvgIpc) is 2.80. The summed E-state index contributed by atoms with van der Waals surface area (Å²) >= 11 is 0. The molecule has 7 nitrogen and oxygen atoms in total. The van der Waals surface area contributed by atoms with Crippen LogP contribution in [0.1, 0.15) is 18.5 Å². The fourth-order valence-electron chi connectivity index (χ4n) is 3.99. The molecule has 162 valence electrons. The zero-order chi connectivity index (χ0) is 21.0. The second-order valence-electron chi connectivity index (χ2n) is 7.55. The summed E-state index contributed by atoms with van der Waals surface area (Å²) in [5.74, 6) is 1.05. The minimum Gasteiger partial charge on any atom is -0.486 e. The molecule has 0 amide bonds. The van der Waals surface area contributed by atoms with Crippen molar-refractivity contribution in [2.75, 3.05) is 52.5 Å². The van der Waals surface area contributed by atoms with Crippen LogP contribution in [0, 0.1) is 0 Å². The minimum atomic E-state index is -3.67. The molecule has 1 N–H and O–H groups in total. The van der Waals surface area contributed by atoms with Crippen molar-refractivity contribution in [1.82, 2.24) is 14.5 Å². The first-order chi connectivity index (χ1) is 14.6. The second kappa shape index (κ2) is 9.34. The molecule has 0 spiro atoms. The normalized spacial score (nSPS) is 18.8. The Morgan fingerprint density at radius 1 is 0.967 bits per heavy atom. The highest BCUT2D eigenvalue weighted by atomic mass is 32.2. The number of hydrogen-bond acceptors (Lipinski definition) is 6. The Kier molecular flexibility index (Phi) is 6.58. The average molecular weight is 432 g/mol. The van der Waals surface area contributed by atoms with Crippen LogP contribution in [0.2, 0.25) is 0 Å². The summed E-state index contributed by atoms with van der Waals surface area (Å²) in [6, 6.07) is 14.8. The first-order valence-corrected chi connectivity index (χ1v) is 12.0. The van der Waals surface area contributed by atoms with Crippen LogP contribution >= 0.6 is 0 Å². The number of nitrogens with one attached hydrogen (secondary N) is 1. The van der Waals surface area contributed by atoms with Crippen molar-refractivity contribution in [3.8, 4) is 11.5 Å². The number of fused-ring (bicyclic) bond motifs is 1. The van der Waals surface area contributed by atoms with Gasteiger partial charge in [0.25, 0.3) is 0 Å². The van der Waals surface area contributed by atoms with Gasteiger partial charge in [-0.15, -0.1) is 0 Å². The third-order valence-corrected chi connectivity index (χ3v) is 7.19. The topological polar surface area (TPSA) is 71.1 Å². The van der Waals surface area contributed by atoms with Crippen LogP contribution in [0.25, 0.3) is 0 Å². The van der Waals surface area contributed by atoms with E-state index < -0.39 is 10.0 Å². The third kappa shape index (κ3) is 4.78. The molecular weight excluding hydrogens is 402 g/mol. The molecule has 0 radical (unpaired) electrons. The Labute approximate surface area is 178 Å². The third-order valence-electron chi connectivity index (χ3n) is 5.77. The van der Waals surface area contributed by atoms with E-state index in [1.54, 1.807) is 12.1 Å². The molecule has 1 fully saturated rings. The van der Waals surface area contributed by atoms with E-state index in [1.165, 1.54) is 6.07 Å². The Hall–Kier alpha value is -2.13. The van der Waals surface area contributed by atoms with E-state index >= 15 is 0 Å². The van der Waals surface area contributed by atoms with Crippen molar-refractivity contribution >= 4 is 10.0 Å². The van der Waals surface area contributed by atoms with E-state index in [2.05, 4.69) is 33.6 Å². The van der Waals surface area contributed by atoms with Crippen LogP contribution in [-0.2, 0) is 10.0 Å². The molecule has 2 aliphatic heterocycles. The number of sulfonamides is 1. The van der Waals surface area contributed by atoms with Gasteiger partial charge in [0.2, 0.25) is 10.0 Å². The highest BCUT2D eigenvalue weighted by molar-refractivity contribution is 7.89. The van der Waals surface area contributed by atoms with Crippen molar-refractivity contribution in [1.29, 1.82) is 0 Å². The van der Waals surface area contributed by atoms with Gasteiger partial charge in [-0.2, -0.15) is 0 Å². The molecule has 0 saturated carbocycles. The fourth-order valence-corrected chi connectivity index (χ4v) is 5.04. The highest BCUT2D eigenvalue weighted by Gasteiger charge is 2.27. The number of ether oxygens (including phenoxy) is 2. The van der Waals surface area contributed by atoms with Gasteiger partial charge in [-0.3, -0.25) is 4.90 Å². The molecular formula is C22H29N3O4S. The molecule has 0 aromatic heterocycles. The molecule has 8 heteroatoms. The van der Waals surface area contributed by atoms with Crippen molar-refractivity contribution < 1.29 is 17.9 Å². The molecule has 2 aromatic carbocycles. The number of benzene rings is 2. The Bertz CT molecular complexity index is 944. The summed E-state index contributed by atoms with van der Waals surface area (Å²) in [4.78, 5) is 4.97. The number of hydrogen-bond donors (Lipinski definition) is 1. The summed E-state index contributed by atoms with van der Waals surface area (Å²) in [7, 11) is -3.67. The zero-order valence-electron chi connectivity index (χ0n) is 17.3. The lowest BCUT2D eigenvalue weighted by molar-refractivity contribution is 0.100. The second-order valence-corrected chi connectivity index (χ2v) is 9.32. The largest absolute Gasteiger partial charge is 0.486 e. The molecule has 4 rings (SSSR count). The molecule has 0 aliphatic carbocycles. The summed E-state index contributed by atoms with van der Waals surface area (Å²) in [6.07, 6.45) is 0. The maximum Gasteiger partial charge on any atom is 0.240 e. The first kappa shape index (κ1) is 21.1. The molecule has 2 heterocycles. The Morgan fingerprint density at radius 2 is 1.67 bits per heavy atom. The van der Waals surface area contributed by atoms with Crippen LogP contribution in [0.15, 0.2) is 53.4 Å². The van der Waals surface area contributed by atoms with Crippen molar-refractivity contribution in [2.24, 2.45) is 0 Å². The molecule has 1 saturated heterocycles. The van der Waals surface area contributed by atoms with Crippen LogP contribution in [0.3, 0.4) is 0 Å². The van der Waals surface area contributed by atoms with Gasteiger partial charge in [0.1, 0.15) is 13.2 Å². The first-order valence-electron chi connectivity index (χ1n) is 10.5. The van der Waals surface area contributed by atoms with Gasteiger partial charge in [0.15, 0.2) is 11.5 Å². The lowest BCUT2D eigenvalue weighted by Crippen LogP contribution is -2.49. The van der Waals surface area contributed by atoms with Crippen molar-refractivity contribution in [3.63, 3.8) is 0 Å². The number of nitrogens with zero attached hydrogens (tertiary/aromatic N) is 2. The molecule has 0 bridgehead atoms. The van der Waals surface area contributed by atoms with Gasteiger partial charge in [0, 0.05) is 44.8 Å². The van der Waals surface area contributed by atoms with E-state index in [0.717, 1.165) is 38.3 Å². The summed E-state index contributed by atoms with van der Waals surface area (Å²) in [5, 5.41) is 0. The van der Waals surface area contributed by atoms with E-state index in [0.29, 0.717) is 31.3 Å². The van der Waals surface area contributed by atoms with Crippen LogP contribution in [0.4, 0.5) is 0 Å². The number of rotatable bonds is 7. The van der Waals surface area contributed by atoms with Gasteiger partial charge in [-0.25, -0.2) is 13.1 Å². The summed E-state index contributed by atoms with van der Waals surface area (Å²) < 4.78 is 39.9. The monoisotopic (exact) mass is 431 g/mol. The van der Waals surface area contributed by atoms with Crippen molar-refractivity contribution in [3.05, 3.63) is 54.1 Å². The van der Waals surface area contributed by atoms with Crippen LogP contribution in [0.5, 0.6) is 11.5 Å². The van der Waals surface area contributed by atoms with E-state index in [1.807, 2.05) is 18.2 Å². The molecule has 1 atom stereocenters. The highest BCUT2D eigenvalue weighted by Crippen LogP contribution is 2.32. The maximum atomic E-state index is 13.0. The molecule has 2 aromatic rings. The van der Waals surface area contributed by atoms with Gasteiger partial charge >= 0.3 is 0 Å². The quantitative estimate of drug-likeness (QED) is 0.724. The molecule has 0 unspecified atom stereocenters. The Morgan fingerprint density at radius 3 is 2.37 bits per heavy atom. The SMILES string of the molecule is CCN1CCN([C@H](CNS(=O)(=O)c2ccc3c(c2)OCCO3)c2ccccc2)CC1. The lowest BCUT2D eigenvalue weighted by atomic mass is 10.0. The van der Waals surface area contributed by atoms with Gasteiger partial charge in [-0.1, -0.05) is 37.3 Å². The zero-order valence-corrected chi connectivity index (χ0v) is 18.1. The molecule has 30 heavy (non-hydrogen) atoms.